The Labute approximate surface area is 79.5 Å². The standard InChI is InChI=1S/C10H8F2O2/c1-6(4-10(13)14)7-2-3-8(11)9(12)5-7/h2-5H,1H3,(H,13,14)/b6-4-. The molecule has 1 aromatic carbocycles. The van der Waals surface area contributed by atoms with Gasteiger partial charge in [0.15, 0.2) is 11.6 Å². The molecule has 0 unspecified atom stereocenters. The van der Waals surface area contributed by atoms with Crippen molar-refractivity contribution in [2.75, 3.05) is 0 Å². The van der Waals surface area contributed by atoms with Crippen LogP contribution in [0.1, 0.15) is 12.5 Å². The van der Waals surface area contributed by atoms with Crippen molar-refractivity contribution < 1.29 is 18.7 Å². The molecular formula is C10H8F2O2. The number of carbonyl (C=O) groups is 1. The summed E-state index contributed by atoms with van der Waals surface area (Å²) in [6.45, 7) is 1.51. The fraction of sp³-hybridized carbons (Fsp3) is 0.100. The van der Waals surface area contributed by atoms with Crippen LogP contribution in [-0.2, 0) is 4.79 Å². The van der Waals surface area contributed by atoms with Crippen LogP contribution in [0.5, 0.6) is 0 Å². The predicted molar refractivity (Wildman–Crippen MR) is 47.6 cm³/mol. The van der Waals surface area contributed by atoms with Gasteiger partial charge in [-0.1, -0.05) is 6.07 Å². The van der Waals surface area contributed by atoms with Gasteiger partial charge in [-0.3, -0.25) is 0 Å². The number of hydrogen-bond donors (Lipinski definition) is 1. The molecule has 1 rings (SSSR count). The highest BCUT2D eigenvalue weighted by molar-refractivity contribution is 5.89. The summed E-state index contributed by atoms with van der Waals surface area (Å²) in [5, 5.41) is 8.42. The Morgan fingerprint density at radius 2 is 2.00 bits per heavy atom. The van der Waals surface area contributed by atoms with E-state index >= 15 is 0 Å². The molecule has 0 aliphatic heterocycles. The summed E-state index contributed by atoms with van der Waals surface area (Å²) < 4.78 is 25.2. The van der Waals surface area contributed by atoms with Crippen LogP contribution in [0.2, 0.25) is 0 Å². The van der Waals surface area contributed by atoms with Crippen molar-refractivity contribution in [2.24, 2.45) is 0 Å². The normalized spacial score (nSPS) is 11.5. The van der Waals surface area contributed by atoms with Crippen LogP contribution in [0.25, 0.3) is 5.57 Å². The number of halogens is 2. The maximum Gasteiger partial charge on any atom is 0.328 e. The molecule has 0 saturated carbocycles. The van der Waals surface area contributed by atoms with Crippen LogP contribution in [-0.4, -0.2) is 11.1 Å². The molecule has 0 aliphatic carbocycles. The summed E-state index contributed by atoms with van der Waals surface area (Å²) in [7, 11) is 0. The second-order valence-electron chi connectivity index (χ2n) is 2.79. The van der Waals surface area contributed by atoms with E-state index in [9.17, 15) is 13.6 Å². The molecule has 0 atom stereocenters. The molecule has 0 spiro atoms. The van der Waals surface area contributed by atoms with Crippen LogP contribution in [0, 0.1) is 11.6 Å². The van der Waals surface area contributed by atoms with Crippen molar-refractivity contribution in [3.8, 4) is 0 Å². The first-order chi connectivity index (χ1) is 6.50. The minimum absolute atomic E-state index is 0.353. The zero-order valence-electron chi connectivity index (χ0n) is 7.42. The van der Waals surface area contributed by atoms with Crippen LogP contribution >= 0.6 is 0 Å². The van der Waals surface area contributed by atoms with Gasteiger partial charge in [-0.2, -0.15) is 0 Å². The lowest BCUT2D eigenvalue weighted by Gasteiger charge is -2.00. The van der Waals surface area contributed by atoms with E-state index in [4.69, 9.17) is 5.11 Å². The van der Waals surface area contributed by atoms with Gasteiger partial charge in [0.25, 0.3) is 0 Å². The van der Waals surface area contributed by atoms with Gasteiger partial charge in [0.1, 0.15) is 0 Å². The summed E-state index contributed by atoms with van der Waals surface area (Å²) in [5.41, 5.74) is 0.725. The topological polar surface area (TPSA) is 37.3 Å². The van der Waals surface area contributed by atoms with Crippen LogP contribution in [0.3, 0.4) is 0 Å². The van der Waals surface area contributed by atoms with E-state index in [0.717, 1.165) is 18.2 Å². The Kier molecular flexibility index (Phi) is 2.96. The van der Waals surface area contributed by atoms with Gasteiger partial charge in [0.05, 0.1) is 0 Å². The number of aliphatic carboxylic acids is 1. The van der Waals surface area contributed by atoms with Crippen molar-refractivity contribution in [3.63, 3.8) is 0 Å². The Morgan fingerprint density at radius 1 is 1.36 bits per heavy atom. The summed E-state index contributed by atoms with van der Waals surface area (Å²) >= 11 is 0. The monoisotopic (exact) mass is 198 g/mol. The van der Waals surface area contributed by atoms with Gasteiger partial charge in [-0.05, 0) is 30.2 Å². The molecule has 0 aliphatic rings. The SMILES string of the molecule is C/C(=C/C(=O)O)c1ccc(F)c(F)c1. The van der Waals surface area contributed by atoms with Gasteiger partial charge in [0, 0.05) is 6.08 Å². The maximum atomic E-state index is 12.7. The summed E-state index contributed by atoms with van der Waals surface area (Å²) in [4.78, 5) is 10.3. The molecule has 0 fully saturated rings. The third-order valence-electron chi connectivity index (χ3n) is 1.71. The van der Waals surface area contributed by atoms with E-state index in [2.05, 4.69) is 0 Å². The number of rotatable bonds is 2. The highest BCUT2D eigenvalue weighted by Crippen LogP contribution is 2.16. The number of hydrogen-bond acceptors (Lipinski definition) is 1. The van der Waals surface area contributed by atoms with E-state index in [1.807, 2.05) is 0 Å². The minimum atomic E-state index is -1.12. The van der Waals surface area contributed by atoms with Crippen molar-refractivity contribution in [1.29, 1.82) is 0 Å². The first kappa shape index (κ1) is 10.4. The van der Waals surface area contributed by atoms with Crippen LogP contribution in [0.15, 0.2) is 24.3 Å². The van der Waals surface area contributed by atoms with Crippen LogP contribution < -0.4 is 0 Å². The van der Waals surface area contributed by atoms with E-state index in [0.29, 0.717) is 11.1 Å². The third kappa shape index (κ3) is 2.39. The Morgan fingerprint density at radius 3 is 2.50 bits per heavy atom. The predicted octanol–water partition coefficient (Wildman–Crippen LogP) is 2.45. The largest absolute Gasteiger partial charge is 0.478 e. The summed E-state index contributed by atoms with van der Waals surface area (Å²) in [6.07, 6.45) is 0.937. The lowest BCUT2D eigenvalue weighted by Crippen LogP contribution is -1.91. The lowest BCUT2D eigenvalue weighted by molar-refractivity contribution is -0.131. The average Bonchev–Trinajstić information content (AvgIpc) is 2.08. The Balaban J connectivity index is 3.09. The average molecular weight is 198 g/mol. The highest BCUT2D eigenvalue weighted by atomic mass is 19.2. The molecule has 1 aromatic rings. The maximum absolute atomic E-state index is 12.7. The molecule has 1 N–H and O–H groups in total. The second-order valence-corrected chi connectivity index (χ2v) is 2.79. The fourth-order valence-corrected chi connectivity index (χ4v) is 1.01. The quantitative estimate of drug-likeness (QED) is 0.741. The first-order valence-corrected chi connectivity index (χ1v) is 3.87. The molecule has 0 radical (unpaired) electrons. The molecule has 0 aromatic heterocycles. The van der Waals surface area contributed by atoms with Crippen LogP contribution in [0.4, 0.5) is 8.78 Å². The second kappa shape index (κ2) is 4.00. The van der Waals surface area contributed by atoms with Crippen molar-refractivity contribution >= 4 is 11.5 Å². The lowest BCUT2D eigenvalue weighted by atomic mass is 10.1. The van der Waals surface area contributed by atoms with Crippen molar-refractivity contribution in [3.05, 3.63) is 41.5 Å². The van der Waals surface area contributed by atoms with E-state index in [1.54, 1.807) is 0 Å². The van der Waals surface area contributed by atoms with Gasteiger partial charge < -0.3 is 5.11 Å². The number of carboxylic acids is 1. The summed E-state index contributed by atoms with van der Waals surface area (Å²) in [6, 6.07) is 3.25. The van der Waals surface area contributed by atoms with Gasteiger partial charge in [0.2, 0.25) is 0 Å². The zero-order chi connectivity index (χ0) is 10.7. The van der Waals surface area contributed by atoms with E-state index < -0.39 is 17.6 Å². The number of carboxylic acid groups (broad SMARTS) is 1. The minimum Gasteiger partial charge on any atom is -0.478 e. The highest BCUT2D eigenvalue weighted by Gasteiger charge is 2.04. The summed E-state index contributed by atoms with van der Waals surface area (Å²) in [5.74, 6) is -3.05. The van der Waals surface area contributed by atoms with Crippen molar-refractivity contribution in [1.82, 2.24) is 0 Å². The van der Waals surface area contributed by atoms with Gasteiger partial charge in [-0.15, -0.1) is 0 Å². The third-order valence-corrected chi connectivity index (χ3v) is 1.71. The molecule has 0 heterocycles. The van der Waals surface area contributed by atoms with E-state index in [1.165, 1.54) is 13.0 Å². The van der Waals surface area contributed by atoms with Gasteiger partial charge in [-0.25, -0.2) is 13.6 Å². The zero-order valence-corrected chi connectivity index (χ0v) is 7.42. The molecular weight excluding hydrogens is 190 g/mol. The van der Waals surface area contributed by atoms with Crippen molar-refractivity contribution in [2.45, 2.75) is 6.92 Å². The Hall–Kier alpha value is -1.71. The van der Waals surface area contributed by atoms with E-state index in [-0.39, 0.29) is 0 Å². The molecule has 0 saturated heterocycles. The number of benzene rings is 1. The fourth-order valence-electron chi connectivity index (χ4n) is 1.01. The van der Waals surface area contributed by atoms with Gasteiger partial charge >= 0.3 is 5.97 Å². The molecule has 0 bridgehead atoms. The molecule has 14 heavy (non-hydrogen) atoms. The molecule has 4 heteroatoms. The Bertz CT molecular complexity index is 397. The smallest absolute Gasteiger partial charge is 0.328 e. The molecule has 0 amide bonds. The number of allylic oxidation sites excluding steroid dienone is 1. The molecule has 74 valence electrons. The first-order valence-electron chi connectivity index (χ1n) is 3.87. The molecule has 2 nitrogen and oxygen atoms in total.